The quantitative estimate of drug-likeness (QED) is 0.779. The van der Waals surface area contributed by atoms with E-state index in [0.717, 1.165) is 11.3 Å². The molecule has 94 valence electrons. The van der Waals surface area contributed by atoms with Gasteiger partial charge in [0.25, 0.3) is 5.56 Å². The summed E-state index contributed by atoms with van der Waals surface area (Å²) < 4.78 is 0. The molecule has 2 aromatic rings. The number of hydrogen-bond acceptors (Lipinski definition) is 3. The number of aromatic amines is 1. The fraction of sp³-hybridized carbons (Fsp3) is 0.200. The Morgan fingerprint density at radius 1 is 1.32 bits per heavy atom. The van der Waals surface area contributed by atoms with Gasteiger partial charge in [-0.15, -0.1) is 0 Å². The van der Waals surface area contributed by atoms with Crippen LogP contribution in [0.25, 0.3) is 6.08 Å². The van der Waals surface area contributed by atoms with E-state index in [4.69, 9.17) is 0 Å². The third kappa shape index (κ3) is 1.28. The number of fused-ring (bicyclic) bond motifs is 5. The number of anilines is 1. The van der Waals surface area contributed by atoms with Crippen molar-refractivity contribution in [1.29, 1.82) is 0 Å². The number of aromatic nitrogens is 2. The summed E-state index contributed by atoms with van der Waals surface area (Å²) in [6.07, 6.45) is 5.98. The molecule has 0 saturated heterocycles. The van der Waals surface area contributed by atoms with Gasteiger partial charge in [-0.1, -0.05) is 36.4 Å². The molecule has 4 heteroatoms. The van der Waals surface area contributed by atoms with Gasteiger partial charge < -0.3 is 4.90 Å². The Bertz CT molecular complexity index is 747. The number of rotatable bonds is 0. The first-order valence-electron chi connectivity index (χ1n) is 6.35. The molecule has 2 heterocycles. The molecule has 4 nitrogen and oxygen atoms in total. The van der Waals surface area contributed by atoms with Crippen molar-refractivity contribution in [3.05, 3.63) is 63.6 Å². The monoisotopic (exact) mass is 251 g/mol. The van der Waals surface area contributed by atoms with Gasteiger partial charge in [0.1, 0.15) is 0 Å². The maximum atomic E-state index is 12.0. The predicted molar refractivity (Wildman–Crippen MR) is 74.2 cm³/mol. The number of H-pyrrole nitrogens is 1. The molecule has 0 radical (unpaired) electrons. The lowest BCUT2D eigenvalue weighted by molar-refractivity contribution is 0.645. The second-order valence-corrected chi connectivity index (χ2v) is 5.07. The normalized spacial score (nSPS) is 22.9. The van der Waals surface area contributed by atoms with Gasteiger partial charge in [0.05, 0.1) is 23.5 Å². The fourth-order valence-corrected chi connectivity index (χ4v) is 3.29. The van der Waals surface area contributed by atoms with Crippen LogP contribution in [-0.2, 0) is 0 Å². The van der Waals surface area contributed by atoms with E-state index in [1.807, 2.05) is 19.2 Å². The van der Waals surface area contributed by atoms with Gasteiger partial charge in [-0.2, -0.15) is 5.10 Å². The summed E-state index contributed by atoms with van der Waals surface area (Å²) >= 11 is 0. The largest absolute Gasteiger partial charge is 0.365 e. The van der Waals surface area contributed by atoms with Crippen molar-refractivity contribution < 1.29 is 0 Å². The first-order chi connectivity index (χ1) is 9.27. The first kappa shape index (κ1) is 10.6. The fourth-order valence-electron chi connectivity index (χ4n) is 3.29. The average molecular weight is 251 g/mol. The van der Waals surface area contributed by atoms with Crippen LogP contribution in [-0.4, -0.2) is 17.2 Å². The van der Waals surface area contributed by atoms with Crippen LogP contribution in [0.2, 0.25) is 0 Å². The maximum absolute atomic E-state index is 12.0. The van der Waals surface area contributed by atoms with Gasteiger partial charge in [-0.25, -0.2) is 5.10 Å². The molecular formula is C15H13N3O. The Labute approximate surface area is 110 Å². The Kier molecular flexibility index (Phi) is 1.98. The van der Waals surface area contributed by atoms with E-state index in [1.165, 1.54) is 11.1 Å². The Hall–Kier alpha value is -2.36. The van der Waals surface area contributed by atoms with E-state index in [-0.39, 0.29) is 17.5 Å². The molecule has 4 rings (SSSR count). The molecule has 19 heavy (non-hydrogen) atoms. The van der Waals surface area contributed by atoms with Crippen LogP contribution in [0.3, 0.4) is 0 Å². The van der Waals surface area contributed by atoms with Gasteiger partial charge in [0.2, 0.25) is 0 Å². The smallest absolute Gasteiger partial charge is 0.270 e. The average Bonchev–Trinajstić information content (AvgIpc) is 2.74. The van der Waals surface area contributed by atoms with Crippen molar-refractivity contribution in [2.75, 3.05) is 11.9 Å². The zero-order valence-electron chi connectivity index (χ0n) is 10.5. The van der Waals surface area contributed by atoms with Crippen molar-refractivity contribution >= 4 is 11.8 Å². The van der Waals surface area contributed by atoms with Crippen LogP contribution >= 0.6 is 0 Å². The predicted octanol–water partition coefficient (Wildman–Crippen LogP) is 2.07. The van der Waals surface area contributed by atoms with Crippen LogP contribution in [0.4, 0.5) is 5.69 Å². The molecule has 0 saturated carbocycles. The molecular weight excluding hydrogens is 238 g/mol. The molecule has 2 unspecified atom stereocenters. The molecule has 0 bridgehead atoms. The zero-order valence-corrected chi connectivity index (χ0v) is 10.5. The molecule has 0 fully saturated rings. The van der Waals surface area contributed by atoms with Gasteiger partial charge in [0.15, 0.2) is 0 Å². The van der Waals surface area contributed by atoms with Crippen molar-refractivity contribution in [3.63, 3.8) is 0 Å². The number of likely N-dealkylation sites (N-methyl/N-ethyl adjacent to an activating group) is 1. The highest BCUT2D eigenvalue weighted by atomic mass is 16.1. The van der Waals surface area contributed by atoms with E-state index < -0.39 is 0 Å². The highest BCUT2D eigenvalue weighted by Crippen LogP contribution is 2.49. The molecule has 1 N–H and O–H groups in total. The molecule has 1 aliphatic heterocycles. The standard InChI is InChI=1S/C15H13N3O/c1-18-12-8-16-17-15(19)13(12)11-7-6-9-4-2-3-5-10(9)14(11)18/h2-8,11,14H,1H3,(H,17,19). The second-order valence-electron chi connectivity index (χ2n) is 5.07. The molecule has 0 amide bonds. The lowest BCUT2D eigenvalue weighted by Gasteiger charge is -2.29. The topological polar surface area (TPSA) is 49.0 Å². The van der Waals surface area contributed by atoms with Crippen LogP contribution in [0, 0.1) is 0 Å². The summed E-state index contributed by atoms with van der Waals surface area (Å²) in [5.41, 5.74) is 4.18. The van der Waals surface area contributed by atoms with Crippen LogP contribution in [0.15, 0.2) is 41.3 Å². The lowest BCUT2D eigenvalue weighted by atomic mass is 9.83. The number of nitrogens with one attached hydrogen (secondary N) is 1. The Balaban J connectivity index is 1.99. The zero-order chi connectivity index (χ0) is 13.0. The minimum absolute atomic E-state index is 0.0825. The van der Waals surface area contributed by atoms with E-state index in [9.17, 15) is 4.79 Å². The maximum Gasteiger partial charge on any atom is 0.270 e. The summed E-state index contributed by atoms with van der Waals surface area (Å²) in [5.74, 6) is 0.113. The van der Waals surface area contributed by atoms with Gasteiger partial charge >= 0.3 is 0 Å². The Morgan fingerprint density at radius 2 is 2.16 bits per heavy atom. The Morgan fingerprint density at radius 3 is 3.05 bits per heavy atom. The number of hydrogen-bond donors (Lipinski definition) is 1. The summed E-state index contributed by atoms with van der Waals surface area (Å²) in [7, 11) is 2.03. The van der Waals surface area contributed by atoms with Crippen molar-refractivity contribution in [3.8, 4) is 0 Å². The van der Waals surface area contributed by atoms with Gasteiger partial charge in [-0.3, -0.25) is 4.79 Å². The third-order valence-electron chi connectivity index (χ3n) is 4.14. The lowest BCUT2D eigenvalue weighted by Crippen LogP contribution is -2.24. The van der Waals surface area contributed by atoms with E-state index in [2.05, 4.69) is 39.4 Å². The van der Waals surface area contributed by atoms with E-state index in [1.54, 1.807) is 6.20 Å². The first-order valence-corrected chi connectivity index (χ1v) is 6.35. The highest BCUT2D eigenvalue weighted by molar-refractivity contribution is 5.70. The van der Waals surface area contributed by atoms with Gasteiger partial charge in [0, 0.05) is 13.0 Å². The van der Waals surface area contributed by atoms with Crippen LogP contribution in [0.1, 0.15) is 28.7 Å². The van der Waals surface area contributed by atoms with E-state index >= 15 is 0 Å². The number of benzene rings is 1. The minimum atomic E-state index is -0.0825. The van der Waals surface area contributed by atoms with Crippen molar-refractivity contribution in [1.82, 2.24) is 10.2 Å². The van der Waals surface area contributed by atoms with Crippen molar-refractivity contribution in [2.24, 2.45) is 0 Å². The third-order valence-corrected chi connectivity index (χ3v) is 4.14. The van der Waals surface area contributed by atoms with Crippen LogP contribution in [0.5, 0.6) is 0 Å². The summed E-state index contributed by atoms with van der Waals surface area (Å²) in [6, 6.07) is 8.54. The van der Waals surface area contributed by atoms with Crippen molar-refractivity contribution in [2.45, 2.75) is 12.0 Å². The molecule has 1 aliphatic carbocycles. The second kappa shape index (κ2) is 3.57. The summed E-state index contributed by atoms with van der Waals surface area (Å²) in [4.78, 5) is 14.2. The molecule has 1 aromatic carbocycles. The summed E-state index contributed by atoms with van der Waals surface area (Å²) in [5, 5.41) is 6.46. The molecule has 2 atom stereocenters. The van der Waals surface area contributed by atoms with Gasteiger partial charge in [-0.05, 0) is 11.1 Å². The van der Waals surface area contributed by atoms with Crippen LogP contribution < -0.4 is 10.5 Å². The highest BCUT2D eigenvalue weighted by Gasteiger charge is 2.40. The summed E-state index contributed by atoms with van der Waals surface area (Å²) in [6.45, 7) is 0. The molecule has 1 aromatic heterocycles. The van der Waals surface area contributed by atoms with E-state index in [0.29, 0.717) is 0 Å². The SMILES string of the molecule is CN1c2cn[nH]c(=O)c2C2C=Cc3ccccc3C21. The minimum Gasteiger partial charge on any atom is -0.365 e. The molecule has 0 spiro atoms. The molecule has 2 aliphatic rings. The number of nitrogens with zero attached hydrogens (tertiary/aromatic N) is 2.